The number of nitrogens with zero attached hydrogens (tertiary/aromatic N) is 1. The van der Waals surface area contributed by atoms with Gasteiger partial charge in [-0.2, -0.15) is 0 Å². The molecule has 0 aromatic heterocycles. The first-order valence-electron chi connectivity index (χ1n) is 6.81. The van der Waals surface area contributed by atoms with Gasteiger partial charge in [0.25, 0.3) is 0 Å². The van der Waals surface area contributed by atoms with Gasteiger partial charge in [0.2, 0.25) is 0 Å². The molecule has 1 aromatic carbocycles. The Morgan fingerprint density at radius 1 is 1.44 bits per heavy atom. The normalized spacial score (nSPS) is 17.7. The van der Waals surface area contributed by atoms with Crippen molar-refractivity contribution in [1.82, 2.24) is 4.90 Å². The first-order valence-corrected chi connectivity index (χ1v) is 6.81. The number of hydrogen-bond donors (Lipinski definition) is 0. The van der Waals surface area contributed by atoms with Crippen molar-refractivity contribution in [1.29, 1.82) is 0 Å². The van der Waals surface area contributed by atoms with Crippen LogP contribution in [-0.4, -0.2) is 36.4 Å². The Balaban J connectivity index is 1.71. The van der Waals surface area contributed by atoms with E-state index in [2.05, 4.69) is 11.8 Å². The third kappa shape index (κ3) is 2.27. The fourth-order valence-electron chi connectivity index (χ4n) is 2.57. The summed E-state index contributed by atoms with van der Waals surface area (Å²) in [6.45, 7) is 4.39. The highest BCUT2D eigenvalue weighted by molar-refractivity contribution is 5.98. The van der Waals surface area contributed by atoms with Gasteiger partial charge in [-0.05, 0) is 43.1 Å². The van der Waals surface area contributed by atoms with Crippen molar-refractivity contribution >= 4 is 5.78 Å². The molecule has 1 aliphatic heterocycles. The molecular formula is C15H19NO2. The molecule has 1 aliphatic carbocycles. The maximum Gasteiger partial charge on any atom is 0.176 e. The number of ether oxygens (including phenoxy) is 1. The van der Waals surface area contributed by atoms with Crippen LogP contribution in [-0.2, 0) is 6.42 Å². The van der Waals surface area contributed by atoms with Gasteiger partial charge < -0.3 is 4.74 Å². The van der Waals surface area contributed by atoms with Gasteiger partial charge in [0, 0.05) is 18.0 Å². The molecule has 18 heavy (non-hydrogen) atoms. The van der Waals surface area contributed by atoms with Crippen molar-refractivity contribution in [2.75, 3.05) is 19.7 Å². The van der Waals surface area contributed by atoms with Gasteiger partial charge in [0.05, 0.1) is 13.2 Å². The van der Waals surface area contributed by atoms with Crippen molar-refractivity contribution in [3.8, 4) is 5.75 Å². The van der Waals surface area contributed by atoms with Gasteiger partial charge in [0.15, 0.2) is 5.78 Å². The maximum atomic E-state index is 12.3. The quantitative estimate of drug-likeness (QED) is 0.745. The average molecular weight is 245 g/mol. The summed E-state index contributed by atoms with van der Waals surface area (Å²) in [5.74, 6) is 1.18. The molecule has 1 heterocycles. The lowest BCUT2D eigenvalue weighted by molar-refractivity contribution is 0.0928. The zero-order valence-corrected chi connectivity index (χ0v) is 10.8. The molecule has 0 bridgehead atoms. The summed E-state index contributed by atoms with van der Waals surface area (Å²) in [6.07, 6.45) is 3.43. The fraction of sp³-hybridized carbons (Fsp3) is 0.533. The Morgan fingerprint density at radius 2 is 2.28 bits per heavy atom. The molecule has 3 rings (SSSR count). The average Bonchev–Trinajstić information content (AvgIpc) is 3.12. The van der Waals surface area contributed by atoms with Crippen LogP contribution in [0.4, 0.5) is 0 Å². The van der Waals surface area contributed by atoms with Crippen LogP contribution >= 0.6 is 0 Å². The summed E-state index contributed by atoms with van der Waals surface area (Å²) < 4.78 is 5.46. The Kier molecular flexibility index (Phi) is 3.08. The number of rotatable bonds is 5. The van der Waals surface area contributed by atoms with E-state index in [4.69, 9.17) is 4.74 Å². The lowest BCUT2D eigenvalue weighted by Crippen LogP contribution is -2.31. The Bertz CT molecular complexity index is 466. The number of fused-ring (bicyclic) bond motifs is 1. The molecule has 0 spiro atoms. The lowest BCUT2D eigenvalue weighted by Gasteiger charge is -2.18. The molecule has 0 saturated heterocycles. The van der Waals surface area contributed by atoms with Crippen LogP contribution in [0.25, 0.3) is 0 Å². The van der Waals surface area contributed by atoms with E-state index >= 15 is 0 Å². The zero-order chi connectivity index (χ0) is 12.5. The third-order valence-corrected chi connectivity index (χ3v) is 3.83. The molecule has 96 valence electrons. The fourth-order valence-corrected chi connectivity index (χ4v) is 2.57. The molecular weight excluding hydrogens is 226 g/mol. The minimum Gasteiger partial charge on any atom is -0.493 e. The highest BCUT2D eigenvalue weighted by Gasteiger charge is 2.29. The largest absolute Gasteiger partial charge is 0.493 e. The van der Waals surface area contributed by atoms with Crippen LogP contribution in [0, 0.1) is 0 Å². The Morgan fingerprint density at radius 3 is 3.00 bits per heavy atom. The summed E-state index contributed by atoms with van der Waals surface area (Å²) in [5.41, 5.74) is 2.01. The minimum absolute atomic E-state index is 0.235. The van der Waals surface area contributed by atoms with Crippen LogP contribution in [0.15, 0.2) is 18.2 Å². The lowest BCUT2D eigenvalue weighted by atomic mass is 10.1. The Labute approximate surface area is 108 Å². The van der Waals surface area contributed by atoms with Crippen molar-refractivity contribution in [2.24, 2.45) is 0 Å². The predicted molar refractivity (Wildman–Crippen MR) is 70.2 cm³/mol. The molecule has 0 atom stereocenters. The van der Waals surface area contributed by atoms with Crippen molar-refractivity contribution in [3.05, 3.63) is 29.3 Å². The molecule has 1 aromatic rings. The molecule has 0 unspecified atom stereocenters. The molecule has 3 nitrogen and oxygen atoms in total. The molecule has 3 heteroatoms. The smallest absolute Gasteiger partial charge is 0.176 e. The van der Waals surface area contributed by atoms with Crippen LogP contribution < -0.4 is 4.74 Å². The van der Waals surface area contributed by atoms with Gasteiger partial charge in [-0.3, -0.25) is 9.69 Å². The Hall–Kier alpha value is -1.35. The van der Waals surface area contributed by atoms with Crippen LogP contribution in [0.1, 0.15) is 35.7 Å². The molecule has 2 aliphatic rings. The molecule has 0 N–H and O–H groups in total. The second-order valence-corrected chi connectivity index (χ2v) is 5.14. The van der Waals surface area contributed by atoms with E-state index in [9.17, 15) is 4.79 Å². The highest BCUT2D eigenvalue weighted by atomic mass is 16.5. The van der Waals surface area contributed by atoms with Gasteiger partial charge in [0.1, 0.15) is 5.75 Å². The van der Waals surface area contributed by atoms with Gasteiger partial charge in [-0.15, -0.1) is 0 Å². The number of ketones is 1. The van der Waals surface area contributed by atoms with E-state index in [1.54, 1.807) is 0 Å². The number of carbonyl (C=O) groups excluding carboxylic acids is 1. The first-order chi connectivity index (χ1) is 8.78. The van der Waals surface area contributed by atoms with Gasteiger partial charge in [-0.25, -0.2) is 0 Å². The number of likely N-dealkylation sites (N-methyl/N-ethyl adjacent to an activating group) is 1. The second kappa shape index (κ2) is 4.73. The SMILES string of the molecule is CCN(CC(=O)c1ccc2c(c1)CCO2)C1CC1. The standard InChI is InChI=1S/C15H19NO2/c1-2-16(13-4-5-13)10-14(17)11-3-6-15-12(9-11)7-8-18-15/h3,6,9,13H,2,4-5,7-8,10H2,1H3. The van der Waals surface area contributed by atoms with E-state index in [-0.39, 0.29) is 5.78 Å². The number of benzene rings is 1. The van der Waals surface area contributed by atoms with Crippen LogP contribution in [0.3, 0.4) is 0 Å². The van der Waals surface area contributed by atoms with Crippen molar-refractivity contribution < 1.29 is 9.53 Å². The summed E-state index contributed by atoms with van der Waals surface area (Å²) in [4.78, 5) is 14.5. The van der Waals surface area contributed by atoms with Crippen LogP contribution in [0.2, 0.25) is 0 Å². The summed E-state index contributed by atoms with van der Waals surface area (Å²) >= 11 is 0. The first kappa shape index (κ1) is 11.7. The topological polar surface area (TPSA) is 29.5 Å². The van der Waals surface area contributed by atoms with Crippen LogP contribution in [0.5, 0.6) is 5.75 Å². The summed E-state index contributed by atoms with van der Waals surface area (Å²) in [7, 11) is 0. The predicted octanol–water partition coefficient (Wildman–Crippen LogP) is 2.29. The minimum atomic E-state index is 0.235. The number of Topliss-reactive ketones (excluding diaryl/α,β-unsaturated/α-hetero) is 1. The zero-order valence-electron chi connectivity index (χ0n) is 10.8. The molecule has 0 amide bonds. The highest BCUT2D eigenvalue weighted by Crippen LogP contribution is 2.28. The molecule has 1 fully saturated rings. The van der Waals surface area contributed by atoms with Gasteiger partial charge in [-0.1, -0.05) is 6.92 Å². The summed E-state index contributed by atoms with van der Waals surface area (Å²) in [6, 6.07) is 6.48. The number of hydrogen-bond acceptors (Lipinski definition) is 3. The van der Waals surface area contributed by atoms with E-state index in [1.165, 1.54) is 18.4 Å². The second-order valence-electron chi connectivity index (χ2n) is 5.14. The molecule has 1 saturated carbocycles. The van der Waals surface area contributed by atoms with Crippen molar-refractivity contribution in [3.63, 3.8) is 0 Å². The number of carbonyl (C=O) groups is 1. The van der Waals surface area contributed by atoms with Gasteiger partial charge >= 0.3 is 0 Å². The maximum absolute atomic E-state index is 12.3. The van der Waals surface area contributed by atoms with Crippen molar-refractivity contribution in [2.45, 2.75) is 32.2 Å². The third-order valence-electron chi connectivity index (χ3n) is 3.83. The molecule has 0 radical (unpaired) electrons. The van der Waals surface area contributed by atoms with E-state index in [0.717, 1.165) is 30.9 Å². The van der Waals surface area contributed by atoms with E-state index in [0.29, 0.717) is 12.6 Å². The summed E-state index contributed by atoms with van der Waals surface area (Å²) in [5, 5.41) is 0. The van der Waals surface area contributed by atoms with E-state index in [1.807, 2.05) is 18.2 Å². The monoisotopic (exact) mass is 245 g/mol. The van der Waals surface area contributed by atoms with E-state index < -0.39 is 0 Å².